The molecule has 0 bridgehead atoms. The second kappa shape index (κ2) is 11.0. The number of hydrogen-bond donors (Lipinski definition) is 3. The molecule has 0 radical (unpaired) electrons. The lowest BCUT2D eigenvalue weighted by molar-refractivity contribution is -0.117. The van der Waals surface area contributed by atoms with Gasteiger partial charge in [0.2, 0.25) is 16.0 Å². The summed E-state index contributed by atoms with van der Waals surface area (Å²) in [6.45, 7) is 1.82. The van der Waals surface area contributed by atoms with Crippen molar-refractivity contribution in [3.8, 4) is 5.75 Å². The minimum Gasteiger partial charge on any atom is -0.495 e. The molecule has 3 N–H and O–H groups in total. The number of benzene rings is 2. The Morgan fingerprint density at radius 3 is 2.62 bits per heavy atom. The monoisotopic (exact) mass is 589 g/mol. The van der Waals surface area contributed by atoms with Crippen LogP contribution in [-0.2, 0) is 27.8 Å². The first-order chi connectivity index (χ1) is 20.1. The summed E-state index contributed by atoms with van der Waals surface area (Å²) in [7, 11) is 3.00. The molecular weight excluding hydrogens is 554 g/mol. The Morgan fingerprint density at radius 2 is 1.88 bits per heavy atom. The Balaban J connectivity index is 1.46. The normalized spacial score (nSPS) is 17.5. The summed E-state index contributed by atoms with van der Waals surface area (Å²) in [5.41, 5.74) is 5.11. The highest BCUT2D eigenvalue weighted by Crippen LogP contribution is 2.40. The topological polar surface area (TPSA) is 133 Å². The van der Waals surface area contributed by atoms with Gasteiger partial charge in [-0.25, -0.2) is 12.7 Å². The van der Waals surface area contributed by atoms with E-state index in [1.54, 1.807) is 31.4 Å². The fraction of sp³-hybridized carbons (Fsp3) is 0.367. The molecule has 1 aliphatic carbocycles. The third kappa shape index (κ3) is 5.21. The number of carbonyl (C=O) groups excluding carboxylic acids is 1. The molecule has 1 atom stereocenters. The molecule has 2 aromatic heterocycles. The van der Waals surface area contributed by atoms with Gasteiger partial charge >= 0.3 is 0 Å². The third-order valence-electron chi connectivity index (χ3n) is 8.12. The molecule has 1 saturated carbocycles. The summed E-state index contributed by atoms with van der Waals surface area (Å²) in [4.78, 5) is 27.5. The summed E-state index contributed by atoms with van der Waals surface area (Å²) in [5, 5.41) is 7.39. The second-order valence-corrected chi connectivity index (χ2v) is 13.3. The van der Waals surface area contributed by atoms with Crippen molar-refractivity contribution < 1.29 is 17.9 Å². The molecule has 2 aliphatic rings. The van der Waals surface area contributed by atoms with Crippen molar-refractivity contribution in [3.63, 3.8) is 0 Å². The number of methoxy groups -OCH3 is 1. The summed E-state index contributed by atoms with van der Waals surface area (Å²) in [6, 6.07) is 10.9. The van der Waals surface area contributed by atoms with Gasteiger partial charge in [-0.1, -0.05) is 12.1 Å². The molecule has 0 spiro atoms. The van der Waals surface area contributed by atoms with Gasteiger partial charge in [-0.3, -0.25) is 4.79 Å². The van der Waals surface area contributed by atoms with Crippen molar-refractivity contribution in [1.82, 2.24) is 24.2 Å². The Morgan fingerprint density at radius 1 is 1.07 bits per heavy atom. The van der Waals surface area contributed by atoms with Gasteiger partial charge in [-0.15, -0.1) is 0 Å². The molecule has 6 rings (SSSR count). The highest BCUT2D eigenvalue weighted by molar-refractivity contribution is 7.89. The predicted molar refractivity (Wildman–Crippen MR) is 162 cm³/mol. The maximum absolute atomic E-state index is 13.2. The second-order valence-electron chi connectivity index (χ2n) is 11.2. The molecule has 4 aromatic rings. The first-order valence-corrected chi connectivity index (χ1v) is 15.4. The number of aromatic amines is 1. The first kappa shape index (κ1) is 28.1. The van der Waals surface area contributed by atoms with Crippen LogP contribution in [0.3, 0.4) is 0 Å². The molecule has 12 heteroatoms. The summed E-state index contributed by atoms with van der Waals surface area (Å²) < 4.78 is 33.2. The number of anilines is 4. The van der Waals surface area contributed by atoms with E-state index < -0.39 is 10.0 Å². The van der Waals surface area contributed by atoms with Crippen LogP contribution in [0, 0.1) is 0 Å². The quantitative estimate of drug-likeness (QED) is 0.271. The van der Waals surface area contributed by atoms with Gasteiger partial charge < -0.3 is 25.3 Å². The summed E-state index contributed by atoms with van der Waals surface area (Å²) in [5.74, 6) is 1.71. The van der Waals surface area contributed by atoms with Crippen LogP contribution in [0.4, 0.5) is 23.1 Å². The number of aromatic nitrogens is 3. The molecule has 1 unspecified atom stereocenters. The molecule has 2 aromatic carbocycles. The van der Waals surface area contributed by atoms with E-state index in [0.717, 1.165) is 42.6 Å². The van der Waals surface area contributed by atoms with Crippen molar-refractivity contribution >= 4 is 50.0 Å². The number of carbonyl (C=O) groups is 1. The molecular formula is C30H35N7O4S. The number of fused-ring (bicyclic) bond motifs is 2. The van der Waals surface area contributed by atoms with Crippen LogP contribution >= 0.6 is 0 Å². The van der Waals surface area contributed by atoms with Gasteiger partial charge in [0, 0.05) is 46.2 Å². The average Bonchev–Trinajstić information content (AvgIpc) is 3.59. The van der Waals surface area contributed by atoms with E-state index in [2.05, 4.69) is 39.7 Å². The first-order valence-electron chi connectivity index (χ1n) is 14.0. The zero-order chi connectivity index (χ0) is 29.6. The lowest BCUT2D eigenvalue weighted by Gasteiger charge is -2.26. The lowest BCUT2D eigenvalue weighted by Crippen LogP contribution is -2.26. The van der Waals surface area contributed by atoms with Gasteiger partial charge in [0.15, 0.2) is 0 Å². The van der Waals surface area contributed by atoms with Crippen molar-refractivity contribution in [2.45, 2.75) is 43.0 Å². The van der Waals surface area contributed by atoms with Gasteiger partial charge in [0.25, 0.3) is 0 Å². The zero-order valence-corrected chi connectivity index (χ0v) is 25.0. The van der Waals surface area contributed by atoms with Crippen molar-refractivity contribution in [2.24, 2.45) is 0 Å². The fourth-order valence-corrected chi connectivity index (χ4v) is 6.88. The number of hydrogen-bond acceptors (Lipinski definition) is 9. The largest absolute Gasteiger partial charge is 0.495 e. The molecule has 11 nitrogen and oxygen atoms in total. The van der Waals surface area contributed by atoms with Crippen LogP contribution in [-0.4, -0.2) is 73.2 Å². The average molecular weight is 590 g/mol. The highest BCUT2D eigenvalue weighted by atomic mass is 32.2. The molecule has 1 aliphatic heterocycles. The zero-order valence-electron chi connectivity index (χ0n) is 24.2. The van der Waals surface area contributed by atoms with Gasteiger partial charge in [0.05, 0.1) is 23.9 Å². The van der Waals surface area contributed by atoms with Crippen molar-refractivity contribution in [2.75, 3.05) is 45.4 Å². The molecule has 42 heavy (non-hydrogen) atoms. The maximum atomic E-state index is 13.2. The number of Topliss-reactive ketones (excluding diaryl/α,β-unsaturated/α-hetero) is 1. The minimum absolute atomic E-state index is 0.0349. The van der Waals surface area contributed by atoms with Crippen LogP contribution in [0.15, 0.2) is 47.5 Å². The Kier molecular flexibility index (Phi) is 7.37. The summed E-state index contributed by atoms with van der Waals surface area (Å²) in [6.07, 6.45) is 4.58. The van der Waals surface area contributed by atoms with E-state index in [9.17, 15) is 13.2 Å². The number of rotatable bonds is 8. The highest BCUT2D eigenvalue weighted by Gasteiger charge is 2.29. The van der Waals surface area contributed by atoms with Crippen LogP contribution < -0.4 is 15.4 Å². The Hall–Kier alpha value is -4.00. The van der Waals surface area contributed by atoms with Crippen molar-refractivity contribution in [3.05, 3.63) is 59.3 Å². The number of ether oxygens (including phenoxy) is 1. The van der Waals surface area contributed by atoms with Gasteiger partial charge in [-0.2, -0.15) is 9.97 Å². The number of nitrogens with zero attached hydrogens (tertiary/aromatic N) is 4. The Labute approximate surface area is 245 Å². The van der Waals surface area contributed by atoms with Gasteiger partial charge in [-0.05, 0) is 66.8 Å². The number of sulfonamides is 1. The SMILES string of the molecule is COc1cc2c(cc1Nc1nc(Nc3ccccc3S(=O)(=O)N(C)C)c3c(C4CCC(=O)C4)c[nH]c3n1)CN(C)CC2. The minimum atomic E-state index is -3.74. The molecule has 0 amide bonds. The number of nitrogens with one attached hydrogen (secondary N) is 3. The van der Waals surface area contributed by atoms with Crippen LogP contribution in [0.5, 0.6) is 5.75 Å². The van der Waals surface area contributed by atoms with E-state index >= 15 is 0 Å². The van der Waals surface area contributed by atoms with E-state index in [-0.39, 0.29) is 16.6 Å². The van der Waals surface area contributed by atoms with Crippen LogP contribution in [0.25, 0.3) is 11.0 Å². The molecule has 3 heterocycles. The smallest absolute Gasteiger partial charge is 0.244 e. The van der Waals surface area contributed by atoms with E-state index in [0.29, 0.717) is 41.7 Å². The standard InChI is InChI=1S/C30H35N7O4S/c1-36(2)42(39,40)26-8-6-5-7-23(26)32-29-27-22(19-9-10-21(38)13-19)16-31-28(27)34-30(35-29)33-24-14-20-17-37(3)12-11-18(20)15-25(24)41-4/h5-8,14-16,19H,9-13,17H2,1-4H3,(H3,31,32,33,34,35). The van der Waals surface area contributed by atoms with Gasteiger partial charge in [0.1, 0.15) is 27.9 Å². The lowest BCUT2D eigenvalue weighted by atomic mass is 9.98. The van der Waals surface area contributed by atoms with Crippen LogP contribution in [0.1, 0.15) is 41.9 Å². The predicted octanol–water partition coefficient (Wildman–Crippen LogP) is 4.53. The van der Waals surface area contributed by atoms with E-state index in [4.69, 9.17) is 14.7 Å². The number of H-pyrrole nitrogens is 1. The molecule has 0 saturated heterocycles. The van der Waals surface area contributed by atoms with Crippen LogP contribution in [0.2, 0.25) is 0 Å². The van der Waals surface area contributed by atoms with E-state index in [1.807, 2.05) is 6.20 Å². The fourth-order valence-electron chi connectivity index (χ4n) is 5.84. The molecule has 1 fully saturated rings. The maximum Gasteiger partial charge on any atom is 0.244 e. The number of para-hydroxylation sites is 1. The summed E-state index contributed by atoms with van der Waals surface area (Å²) >= 11 is 0. The van der Waals surface area contributed by atoms with Crippen molar-refractivity contribution in [1.29, 1.82) is 0 Å². The molecule has 220 valence electrons. The number of ketones is 1. The Bertz CT molecular complexity index is 1780. The van der Waals surface area contributed by atoms with E-state index in [1.165, 1.54) is 29.5 Å². The number of likely N-dealkylation sites (N-methyl/N-ethyl adjacent to an activating group) is 1. The third-order valence-corrected chi connectivity index (χ3v) is 9.99.